The summed E-state index contributed by atoms with van der Waals surface area (Å²) >= 11 is 0. The molecule has 22 nitrogen and oxygen atoms in total. The number of aliphatic hydroxyl groups excluding tert-OH is 3. The number of hydrogen-bond acceptors (Lipinski definition) is 15. The second-order valence-corrected chi connectivity index (χ2v) is 15.5. The number of primary amides is 1. The molecule has 10 unspecified atom stereocenters. The van der Waals surface area contributed by atoms with Gasteiger partial charge in [0.05, 0.1) is 25.2 Å². The molecular weight excluding hydrogens is 695 g/mol. The lowest BCUT2D eigenvalue weighted by Crippen LogP contribution is -2.45. The number of aliphatic hydroxyl groups is 3. The van der Waals surface area contributed by atoms with E-state index in [4.69, 9.17) is 20.7 Å². The average Bonchev–Trinajstić information content (AvgIpc) is 3.61. The van der Waals surface area contributed by atoms with Crippen molar-refractivity contribution in [2.24, 2.45) is 11.7 Å². The molecule has 47 heavy (non-hydrogen) atoms. The summed E-state index contributed by atoms with van der Waals surface area (Å²) < 4.78 is 59.5. The van der Waals surface area contributed by atoms with Crippen molar-refractivity contribution in [3.05, 3.63) is 42.7 Å². The number of phosphoric ester groups is 2. The number of anilines is 1. The van der Waals surface area contributed by atoms with Gasteiger partial charge in [0, 0.05) is 18.4 Å². The van der Waals surface area contributed by atoms with Crippen LogP contribution in [0.2, 0.25) is 0 Å². The van der Waals surface area contributed by atoms with Crippen LogP contribution in [0.5, 0.6) is 0 Å². The SMILES string of the molecule is NC(=O)c1ccc[n+](C2CC(CP(=O)(O)OP(=O)(O)OCC3OC(n4cnc5c(N)ncnc54)C(O)C3OP(=O)(O)O)C(O)C2O)c1. The lowest BCUT2D eigenvalue weighted by molar-refractivity contribution is -0.728. The standard InChI is InChI=1S/C22H30N7O15P3/c23-19-14-21(26-8-25-19)29(9-27-14)22-17(32)18(43-46(36,37)38)13(42-22)6-41-47(39,40)44-45(34,35)7-11-4-12(16(31)15(11)30)28-3-1-2-10(5-28)20(24)33/h1-3,5,8-9,11-13,15-18,22,30-32H,4,6-7H2,(H7-,23,24,25,26,33,34,35,36,37,38,39,40)/p+1. The van der Waals surface area contributed by atoms with Crippen LogP contribution in [0.1, 0.15) is 29.0 Å². The van der Waals surface area contributed by atoms with E-state index >= 15 is 0 Å². The minimum absolute atomic E-state index is 0.0258. The number of carbonyl (C=O) groups excluding carboxylic acids is 1. The van der Waals surface area contributed by atoms with Crippen LogP contribution in [0.3, 0.4) is 0 Å². The highest BCUT2D eigenvalue weighted by Gasteiger charge is 2.52. The molecule has 11 N–H and O–H groups in total. The topological polar surface area (TPSA) is 346 Å². The first kappa shape index (κ1) is 35.5. The van der Waals surface area contributed by atoms with Crippen molar-refractivity contribution in [2.45, 2.75) is 49.2 Å². The summed E-state index contributed by atoms with van der Waals surface area (Å²) in [5.41, 5.74) is 11.3. The highest BCUT2D eigenvalue weighted by Crippen LogP contribution is 2.62. The molecule has 3 aromatic rings. The molecule has 25 heteroatoms. The van der Waals surface area contributed by atoms with E-state index in [9.17, 15) is 53.4 Å². The van der Waals surface area contributed by atoms with Gasteiger partial charge in [-0.15, -0.1) is 0 Å². The van der Waals surface area contributed by atoms with Crippen LogP contribution in [-0.4, -0.2) is 104 Å². The third kappa shape index (κ3) is 7.93. The molecule has 2 fully saturated rings. The first-order valence-corrected chi connectivity index (χ1v) is 18.3. The van der Waals surface area contributed by atoms with Crippen molar-refractivity contribution in [3.8, 4) is 0 Å². The normalized spacial score (nSPS) is 30.7. The maximum absolute atomic E-state index is 12.9. The minimum Gasteiger partial charge on any atom is -0.390 e. The minimum atomic E-state index is -5.45. The quantitative estimate of drug-likeness (QED) is 0.0708. The van der Waals surface area contributed by atoms with Gasteiger partial charge < -0.3 is 51.1 Å². The number of nitrogens with zero attached hydrogens (tertiary/aromatic N) is 5. The predicted octanol–water partition coefficient (Wildman–Crippen LogP) is -2.17. The highest BCUT2D eigenvalue weighted by molar-refractivity contribution is 7.64. The van der Waals surface area contributed by atoms with Gasteiger partial charge in [-0.1, -0.05) is 0 Å². The number of aromatic nitrogens is 5. The number of nitrogen functional groups attached to an aromatic ring is 1. The van der Waals surface area contributed by atoms with E-state index in [-0.39, 0.29) is 29.0 Å². The number of phosphoric acid groups is 2. The lowest BCUT2D eigenvalue weighted by Gasteiger charge is -2.23. The largest absolute Gasteiger partial charge is 0.479 e. The molecule has 1 saturated carbocycles. The van der Waals surface area contributed by atoms with Crippen molar-refractivity contribution in [3.63, 3.8) is 0 Å². The number of imidazole rings is 1. The maximum Gasteiger partial charge on any atom is 0.479 e. The number of ether oxygens (including phenoxy) is 1. The number of hydrogen-bond donors (Lipinski definition) is 9. The van der Waals surface area contributed by atoms with Gasteiger partial charge in [0.25, 0.3) is 5.91 Å². The van der Waals surface area contributed by atoms with Gasteiger partial charge in [0.15, 0.2) is 36.1 Å². The van der Waals surface area contributed by atoms with E-state index in [1.165, 1.54) is 29.1 Å². The van der Waals surface area contributed by atoms with Crippen LogP contribution in [0, 0.1) is 5.92 Å². The number of carbonyl (C=O) groups is 1. The fourth-order valence-electron chi connectivity index (χ4n) is 5.53. The maximum atomic E-state index is 12.9. The Hall–Kier alpha value is -2.78. The molecule has 10 atom stereocenters. The Kier molecular flexibility index (Phi) is 10.0. The zero-order valence-corrected chi connectivity index (χ0v) is 26.5. The summed E-state index contributed by atoms with van der Waals surface area (Å²) in [4.78, 5) is 62.8. The number of rotatable bonds is 12. The van der Waals surface area contributed by atoms with Gasteiger partial charge in [-0.2, -0.15) is 4.57 Å². The monoisotopic (exact) mass is 726 g/mol. The fourth-order valence-corrected chi connectivity index (χ4v) is 9.15. The molecule has 0 spiro atoms. The van der Waals surface area contributed by atoms with Crippen molar-refractivity contribution in [2.75, 3.05) is 18.5 Å². The zero-order valence-electron chi connectivity index (χ0n) is 23.8. The Morgan fingerprint density at radius 1 is 1.09 bits per heavy atom. The van der Waals surface area contributed by atoms with Gasteiger partial charge in [-0.05, 0) is 6.07 Å². The molecular formula is C22H31N7O15P3+. The summed E-state index contributed by atoms with van der Waals surface area (Å²) in [5.74, 6) is -1.91. The summed E-state index contributed by atoms with van der Waals surface area (Å²) in [5, 5.41) is 32.0. The van der Waals surface area contributed by atoms with Crippen LogP contribution < -0.4 is 16.0 Å². The molecule has 1 amide bonds. The molecule has 3 aromatic heterocycles. The average molecular weight is 726 g/mol. The third-order valence-electron chi connectivity index (χ3n) is 7.59. The van der Waals surface area contributed by atoms with Crippen LogP contribution in [-0.2, 0) is 31.8 Å². The van der Waals surface area contributed by atoms with Crippen LogP contribution in [0.4, 0.5) is 5.82 Å². The molecule has 1 saturated heterocycles. The van der Waals surface area contributed by atoms with E-state index in [1.807, 2.05) is 0 Å². The summed E-state index contributed by atoms with van der Waals surface area (Å²) in [7, 11) is -15.8. The lowest BCUT2D eigenvalue weighted by atomic mass is 10.1. The second kappa shape index (κ2) is 13.3. The van der Waals surface area contributed by atoms with Gasteiger partial charge in [0.2, 0.25) is 0 Å². The first-order chi connectivity index (χ1) is 21.9. The highest BCUT2D eigenvalue weighted by atomic mass is 31.3. The van der Waals surface area contributed by atoms with E-state index in [1.54, 1.807) is 0 Å². The van der Waals surface area contributed by atoms with Crippen LogP contribution in [0.15, 0.2) is 37.2 Å². The second-order valence-electron chi connectivity index (χ2n) is 10.8. The first-order valence-electron chi connectivity index (χ1n) is 13.5. The molecule has 0 bridgehead atoms. The number of fused-ring (bicyclic) bond motifs is 1. The molecule has 258 valence electrons. The van der Waals surface area contributed by atoms with Crippen molar-refractivity contribution in [1.29, 1.82) is 0 Å². The van der Waals surface area contributed by atoms with Crippen molar-refractivity contribution >= 4 is 46.1 Å². The van der Waals surface area contributed by atoms with E-state index in [0.717, 1.165) is 17.2 Å². The molecule has 1 aliphatic heterocycles. The summed E-state index contributed by atoms with van der Waals surface area (Å²) in [6.45, 7) is -1.06. The van der Waals surface area contributed by atoms with E-state index in [2.05, 4.69) is 23.8 Å². The molecule has 1 aliphatic carbocycles. The number of pyridine rings is 1. The van der Waals surface area contributed by atoms with E-state index < -0.39 is 90.6 Å². The number of nitrogens with two attached hydrogens (primary N) is 2. The summed E-state index contributed by atoms with van der Waals surface area (Å²) in [6.07, 6.45) is -5.95. The van der Waals surface area contributed by atoms with Crippen molar-refractivity contribution in [1.82, 2.24) is 19.5 Å². The van der Waals surface area contributed by atoms with Gasteiger partial charge in [-0.25, -0.2) is 28.4 Å². The molecule has 5 rings (SSSR count). The van der Waals surface area contributed by atoms with E-state index in [0.29, 0.717) is 0 Å². The van der Waals surface area contributed by atoms with Gasteiger partial charge >= 0.3 is 23.2 Å². The molecule has 2 aliphatic rings. The third-order valence-corrected chi connectivity index (χ3v) is 11.4. The van der Waals surface area contributed by atoms with Gasteiger partial charge in [0.1, 0.15) is 41.8 Å². The predicted molar refractivity (Wildman–Crippen MR) is 152 cm³/mol. The Balaban J connectivity index is 1.26. The van der Waals surface area contributed by atoms with Gasteiger partial charge in [-0.3, -0.25) is 23.0 Å². The molecule has 0 aromatic carbocycles. The number of amides is 1. The zero-order chi connectivity index (χ0) is 34.5. The Labute approximate surface area is 263 Å². The van der Waals surface area contributed by atoms with Crippen molar-refractivity contribution < 1.29 is 76.0 Å². The Morgan fingerprint density at radius 2 is 1.81 bits per heavy atom. The summed E-state index contributed by atoms with van der Waals surface area (Å²) in [6, 6.07) is 2.02. The van der Waals surface area contributed by atoms with Crippen LogP contribution >= 0.6 is 23.2 Å². The Bertz CT molecular complexity index is 1790. The fraction of sp³-hybridized carbons (Fsp3) is 0.500. The van der Waals surface area contributed by atoms with Crippen LogP contribution in [0.25, 0.3) is 11.2 Å². The molecule has 4 heterocycles. The Morgan fingerprint density at radius 3 is 2.49 bits per heavy atom. The molecule has 0 radical (unpaired) electrons. The smallest absolute Gasteiger partial charge is 0.390 e.